The zero-order valence-corrected chi connectivity index (χ0v) is 14.3. The normalized spacial score (nSPS) is 17.8. The van der Waals surface area contributed by atoms with Crippen molar-refractivity contribution >= 4 is 28.6 Å². The quantitative estimate of drug-likeness (QED) is 0.784. The Morgan fingerprint density at radius 3 is 3.09 bits per heavy atom. The fraction of sp³-hybridized carbons (Fsp3) is 0.312. The Kier molecular flexibility index (Phi) is 3.74. The summed E-state index contributed by atoms with van der Waals surface area (Å²) in [5.74, 6) is -0.0153. The first-order valence-electron chi connectivity index (χ1n) is 7.55. The van der Waals surface area contributed by atoms with Gasteiger partial charge in [0.2, 0.25) is 0 Å². The second-order valence-corrected chi connectivity index (χ2v) is 7.82. The van der Waals surface area contributed by atoms with E-state index in [0.29, 0.717) is 5.69 Å². The Bertz CT molecular complexity index is 821. The van der Waals surface area contributed by atoms with Gasteiger partial charge in [-0.1, -0.05) is 0 Å². The first-order chi connectivity index (χ1) is 11.2. The Morgan fingerprint density at radius 1 is 1.43 bits per heavy atom. The van der Waals surface area contributed by atoms with Gasteiger partial charge in [-0.2, -0.15) is 5.10 Å². The number of thiazole rings is 1. The maximum Gasteiger partial charge on any atom is 0.274 e. The van der Waals surface area contributed by atoms with Crippen molar-refractivity contribution in [1.82, 2.24) is 20.1 Å². The lowest BCUT2D eigenvalue weighted by Gasteiger charge is -2.21. The van der Waals surface area contributed by atoms with Gasteiger partial charge in [-0.25, -0.2) is 4.98 Å². The van der Waals surface area contributed by atoms with Gasteiger partial charge >= 0.3 is 0 Å². The van der Waals surface area contributed by atoms with Gasteiger partial charge in [-0.05, 0) is 38.0 Å². The molecule has 1 N–H and O–H groups in total. The topological polar surface area (TPSA) is 61.9 Å². The smallest absolute Gasteiger partial charge is 0.274 e. The second kappa shape index (κ2) is 5.90. The standard InChI is InChI=1S/C16H16N4OS2/c1-10-4-5-14(23-10)11-9-12(19-18-11)16(21)20-7-2-3-13(20)15-17-6-8-22-15/h4-6,8-9,13H,2-3,7H2,1H3,(H,18,19)/t13-/m1/s1. The number of thiophene rings is 1. The zero-order chi connectivity index (χ0) is 15.8. The minimum atomic E-state index is -0.0153. The molecule has 23 heavy (non-hydrogen) atoms. The lowest BCUT2D eigenvalue weighted by Crippen LogP contribution is -2.30. The molecule has 5 nitrogen and oxygen atoms in total. The summed E-state index contributed by atoms with van der Waals surface area (Å²) in [6, 6.07) is 6.06. The number of carbonyl (C=O) groups is 1. The van der Waals surface area contributed by atoms with E-state index in [1.807, 2.05) is 16.3 Å². The van der Waals surface area contributed by atoms with Crippen LogP contribution in [0.2, 0.25) is 0 Å². The Labute approximate surface area is 142 Å². The summed E-state index contributed by atoms with van der Waals surface area (Å²) in [5.41, 5.74) is 1.38. The predicted octanol–water partition coefficient (Wildman–Crippen LogP) is 3.88. The highest BCUT2D eigenvalue weighted by Crippen LogP contribution is 2.34. The minimum absolute atomic E-state index is 0.0153. The molecular formula is C16H16N4OS2. The van der Waals surface area contributed by atoms with Crippen molar-refractivity contribution in [2.75, 3.05) is 6.54 Å². The van der Waals surface area contributed by atoms with Gasteiger partial charge in [0.1, 0.15) is 5.01 Å². The highest BCUT2D eigenvalue weighted by atomic mass is 32.1. The molecule has 0 spiro atoms. The highest BCUT2D eigenvalue weighted by molar-refractivity contribution is 7.15. The molecule has 0 saturated carbocycles. The molecule has 1 aliphatic heterocycles. The molecule has 3 aromatic rings. The first kappa shape index (κ1) is 14.6. The van der Waals surface area contributed by atoms with E-state index in [0.717, 1.165) is 35.0 Å². The molecule has 1 atom stereocenters. The number of aryl methyl sites for hydroxylation is 1. The summed E-state index contributed by atoms with van der Waals surface area (Å²) in [5, 5.41) is 10.2. The van der Waals surface area contributed by atoms with Crippen LogP contribution in [0.5, 0.6) is 0 Å². The first-order valence-corrected chi connectivity index (χ1v) is 9.24. The zero-order valence-electron chi connectivity index (χ0n) is 12.7. The maximum atomic E-state index is 12.8. The third-order valence-corrected chi connectivity index (χ3v) is 5.96. The van der Waals surface area contributed by atoms with Crippen LogP contribution >= 0.6 is 22.7 Å². The van der Waals surface area contributed by atoms with Gasteiger partial charge in [0.05, 0.1) is 16.6 Å². The Hall–Kier alpha value is -1.99. The molecule has 1 saturated heterocycles. The molecule has 0 bridgehead atoms. The summed E-state index contributed by atoms with van der Waals surface area (Å²) in [4.78, 5) is 21.5. The number of rotatable bonds is 3. The number of hydrogen-bond acceptors (Lipinski definition) is 5. The van der Waals surface area contributed by atoms with Gasteiger partial charge in [0.25, 0.3) is 5.91 Å². The third kappa shape index (κ3) is 2.70. The Morgan fingerprint density at radius 2 is 2.35 bits per heavy atom. The fourth-order valence-electron chi connectivity index (χ4n) is 2.95. The van der Waals surface area contributed by atoms with Gasteiger partial charge in [-0.3, -0.25) is 9.89 Å². The molecule has 0 unspecified atom stereocenters. The van der Waals surface area contributed by atoms with Crippen LogP contribution in [0.25, 0.3) is 10.6 Å². The lowest BCUT2D eigenvalue weighted by atomic mass is 10.2. The predicted molar refractivity (Wildman–Crippen MR) is 91.8 cm³/mol. The molecule has 0 radical (unpaired) electrons. The van der Waals surface area contributed by atoms with E-state index in [4.69, 9.17) is 0 Å². The van der Waals surface area contributed by atoms with Crippen molar-refractivity contribution < 1.29 is 4.79 Å². The van der Waals surface area contributed by atoms with Crippen molar-refractivity contribution in [3.63, 3.8) is 0 Å². The SMILES string of the molecule is Cc1ccc(-c2cc(C(=O)N3CCC[C@@H]3c3nccs3)n[nH]2)s1. The molecular weight excluding hydrogens is 328 g/mol. The van der Waals surface area contributed by atoms with Crippen LogP contribution in [0, 0.1) is 6.92 Å². The average Bonchev–Trinajstić information content (AvgIpc) is 3.31. The van der Waals surface area contributed by atoms with Crippen molar-refractivity contribution in [1.29, 1.82) is 0 Å². The molecule has 4 heterocycles. The number of amides is 1. The largest absolute Gasteiger partial charge is 0.328 e. The number of carbonyl (C=O) groups excluding carboxylic acids is 1. The van der Waals surface area contributed by atoms with E-state index in [1.165, 1.54) is 4.88 Å². The second-order valence-electron chi connectivity index (χ2n) is 5.60. The molecule has 0 aromatic carbocycles. The van der Waals surface area contributed by atoms with Gasteiger partial charge < -0.3 is 4.90 Å². The summed E-state index contributed by atoms with van der Waals surface area (Å²) >= 11 is 3.30. The Balaban J connectivity index is 1.58. The monoisotopic (exact) mass is 344 g/mol. The number of hydrogen-bond donors (Lipinski definition) is 1. The lowest BCUT2D eigenvalue weighted by molar-refractivity contribution is 0.0729. The fourth-order valence-corrected chi connectivity index (χ4v) is 4.57. The van der Waals surface area contributed by atoms with E-state index in [-0.39, 0.29) is 11.9 Å². The van der Waals surface area contributed by atoms with Crippen LogP contribution in [0.3, 0.4) is 0 Å². The van der Waals surface area contributed by atoms with E-state index >= 15 is 0 Å². The summed E-state index contributed by atoms with van der Waals surface area (Å²) in [7, 11) is 0. The third-order valence-electron chi connectivity index (χ3n) is 4.05. The number of aromatic nitrogens is 3. The van der Waals surface area contributed by atoms with Crippen LogP contribution < -0.4 is 0 Å². The van der Waals surface area contributed by atoms with E-state index in [2.05, 4.69) is 34.2 Å². The van der Waals surface area contributed by atoms with Crippen LogP contribution in [0.4, 0.5) is 0 Å². The average molecular weight is 344 g/mol. The van der Waals surface area contributed by atoms with Gasteiger partial charge in [0, 0.05) is 23.0 Å². The summed E-state index contributed by atoms with van der Waals surface area (Å²) in [6.45, 7) is 2.84. The van der Waals surface area contributed by atoms with Gasteiger partial charge in [-0.15, -0.1) is 22.7 Å². The summed E-state index contributed by atoms with van der Waals surface area (Å²) < 4.78 is 0. The molecule has 1 fully saturated rings. The van der Waals surface area contributed by atoms with Gasteiger partial charge in [0.15, 0.2) is 5.69 Å². The van der Waals surface area contributed by atoms with E-state index in [9.17, 15) is 4.79 Å². The number of nitrogens with zero attached hydrogens (tertiary/aromatic N) is 3. The van der Waals surface area contributed by atoms with Crippen molar-refractivity contribution in [3.05, 3.63) is 45.4 Å². The minimum Gasteiger partial charge on any atom is -0.328 e. The van der Waals surface area contributed by atoms with Crippen molar-refractivity contribution in [2.45, 2.75) is 25.8 Å². The number of aromatic amines is 1. The maximum absolute atomic E-state index is 12.8. The van der Waals surface area contributed by atoms with E-state index < -0.39 is 0 Å². The van der Waals surface area contributed by atoms with Crippen LogP contribution in [-0.2, 0) is 0 Å². The molecule has 4 rings (SSSR count). The molecule has 3 aromatic heterocycles. The van der Waals surface area contributed by atoms with Crippen LogP contribution in [-0.4, -0.2) is 32.5 Å². The molecule has 0 aliphatic carbocycles. The number of nitrogens with one attached hydrogen (secondary N) is 1. The van der Waals surface area contributed by atoms with Crippen LogP contribution in [0.1, 0.15) is 39.3 Å². The highest BCUT2D eigenvalue weighted by Gasteiger charge is 2.33. The van der Waals surface area contributed by atoms with Crippen molar-refractivity contribution in [2.24, 2.45) is 0 Å². The number of likely N-dealkylation sites (tertiary alicyclic amines) is 1. The van der Waals surface area contributed by atoms with Crippen LogP contribution in [0.15, 0.2) is 29.8 Å². The summed E-state index contributed by atoms with van der Waals surface area (Å²) in [6.07, 6.45) is 3.78. The molecule has 7 heteroatoms. The molecule has 118 valence electrons. The van der Waals surface area contributed by atoms with E-state index in [1.54, 1.807) is 28.9 Å². The van der Waals surface area contributed by atoms with Crippen molar-refractivity contribution in [3.8, 4) is 10.6 Å². The molecule has 1 aliphatic rings. The molecule has 1 amide bonds. The number of H-pyrrole nitrogens is 1.